The van der Waals surface area contributed by atoms with E-state index in [0.29, 0.717) is 30.6 Å². The molecule has 1 aromatic carbocycles. The molecule has 0 aliphatic heterocycles. The number of hydrazine groups is 1. The van der Waals surface area contributed by atoms with Gasteiger partial charge in [-0.25, -0.2) is 5.84 Å². The molecule has 21 heavy (non-hydrogen) atoms. The van der Waals surface area contributed by atoms with Gasteiger partial charge in [0.25, 0.3) is 5.91 Å². The summed E-state index contributed by atoms with van der Waals surface area (Å²) < 4.78 is 10.8. The minimum Gasteiger partial charge on any atom is -0.492 e. The lowest BCUT2D eigenvalue weighted by Crippen LogP contribution is -2.37. The minimum atomic E-state index is -0.329. The molecule has 1 amide bonds. The summed E-state index contributed by atoms with van der Waals surface area (Å²) in [7, 11) is 1.70. The largest absolute Gasteiger partial charge is 0.492 e. The molecule has 1 aromatic rings. The molecule has 0 saturated heterocycles. The maximum absolute atomic E-state index is 11.4. The number of nitrogen functional groups attached to an aromatic ring is 1. The molecule has 0 aromatic heterocycles. The van der Waals surface area contributed by atoms with Crippen molar-refractivity contribution >= 4 is 5.91 Å². The number of nitrogens with zero attached hydrogens (tertiary/aromatic N) is 1. The molecule has 0 unspecified atom stereocenters. The van der Waals surface area contributed by atoms with E-state index >= 15 is 0 Å². The van der Waals surface area contributed by atoms with Gasteiger partial charge in [0.15, 0.2) is 0 Å². The molecule has 0 spiro atoms. The maximum atomic E-state index is 11.4. The van der Waals surface area contributed by atoms with E-state index in [2.05, 4.69) is 24.2 Å². The summed E-state index contributed by atoms with van der Waals surface area (Å²) in [5.74, 6) is 5.44. The fourth-order valence-electron chi connectivity index (χ4n) is 1.93. The molecule has 0 bridgehead atoms. The van der Waals surface area contributed by atoms with Gasteiger partial charge in [0, 0.05) is 31.8 Å². The summed E-state index contributed by atoms with van der Waals surface area (Å²) in [6.45, 7) is 7.20. The van der Waals surface area contributed by atoms with E-state index in [1.54, 1.807) is 25.3 Å². The van der Waals surface area contributed by atoms with Crippen molar-refractivity contribution in [2.75, 3.05) is 33.4 Å². The van der Waals surface area contributed by atoms with Crippen molar-refractivity contribution in [3.05, 3.63) is 29.8 Å². The summed E-state index contributed by atoms with van der Waals surface area (Å²) in [6.07, 6.45) is 0. The van der Waals surface area contributed by atoms with Gasteiger partial charge in [-0.1, -0.05) is 6.07 Å². The number of ether oxygens (including phenoxy) is 2. The monoisotopic (exact) mass is 295 g/mol. The maximum Gasteiger partial charge on any atom is 0.265 e. The molecule has 0 fully saturated rings. The number of nitrogens with one attached hydrogen (secondary N) is 1. The predicted molar refractivity (Wildman–Crippen MR) is 82.2 cm³/mol. The number of carbonyl (C=O) groups excluding carboxylic acids is 1. The van der Waals surface area contributed by atoms with Crippen molar-refractivity contribution < 1.29 is 14.3 Å². The van der Waals surface area contributed by atoms with E-state index in [4.69, 9.17) is 15.3 Å². The van der Waals surface area contributed by atoms with Crippen LogP contribution in [-0.2, 0) is 4.74 Å². The van der Waals surface area contributed by atoms with Gasteiger partial charge in [-0.2, -0.15) is 0 Å². The molecule has 0 atom stereocenters. The van der Waals surface area contributed by atoms with Crippen molar-refractivity contribution in [1.29, 1.82) is 0 Å². The molecule has 118 valence electrons. The topological polar surface area (TPSA) is 76.8 Å². The molecular formula is C15H25N3O3. The van der Waals surface area contributed by atoms with Gasteiger partial charge in [-0.15, -0.1) is 0 Å². The third-order valence-electron chi connectivity index (χ3n) is 3.19. The first kappa shape index (κ1) is 17.4. The van der Waals surface area contributed by atoms with Crippen molar-refractivity contribution in [3.8, 4) is 5.75 Å². The Bertz CT molecular complexity index is 438. The Balaban J connectivity index is 2.49. The second-order valence-electron chi connectivity index (χ2n) is 4.97. The molecule has 1 rings (SSSR count). The quantitative estimate of drug-likeness (QED) is 0.404. The number of hydrogen-bond donors (Lipinski definition) is 2. The number of carbonyl (C=O) groups is 1. The Morgan fingerprint density at radius 2 is 2.05 bits per heavy atom. The van der Waals surface area contributed by atoms with Crippen molar-refractivity contribution in [1.82, 2.24) is 10.3 Å². The Hall–Kier alpha value is -1.63. The van der Waals surface area contributed by atoms with Crippen LogP contribution in [0.3, 0.4) is 0 Å². The molecule has 0 aliphatic carbocycles. The van der Waals surface area contributed by atoms with E-state index in [0.717, 1.165) is 13.1 Å². The number of hydrogen-bond acceptors (Lipinski definition) is 5. The number of methoxy groups -OCH3 is 1. The second kappa shape index (κ2) is 9.33. The zero-order valence-corrected chi connectivity index (χ0v) is 13.0. The Morgan fingerprint density at radius 3 is 2.67 bits per heavy atom. The lowest BCUT2D eigenvalue weighted by atomic mass is 10.2. The molecule has 0 heterocycles. The van der Waals surface area contributed by atoms with Crippen molar-refractivity contribution in [2.45, 2.75) is 19.9 Å². The van der Waals surface area contributed by atoms with E-state index < -0.39 is 0 Å². The highest BCUT2D eigenvalue weighted by Crippen LogP contribution is 2.13. The van der Waals surface area contributed by atoms with Crippen LogP contribution in [0, 0.1) is 0 Å². The van der Waals surface area contributed by atoms with Crippen LogP contribution in [0.1, 0.15) is 24.2 Å². The minimum absolute atomic E-state index is 0.329. The molecule has 0 saturated carbocycles. The fourth-order valence-corrected chi connectivity index (χ4v) is 1.93. The van der Waals surface area contributed by atoms with Gasteiger partial charge in [0.2, 0.25) is 0 Å². The molecular weight excluding hydrogens is 270 g/mol. The highest BCUT2D eigenvalue weighted by molar-refractivity contribution is 5.94. The number of nitrogens with two attached hydrogens (primary N) is 1. The Kier molecular flexibility index (Phi) is 7.74. The van der Waals surface area contributed by atoms with Gasteiger partial charge in [0.1, 0.15) is 12.4 Å². The fraction of sp³-hybridized carbons (Fsp3) is 0.533. The highest BCUT2D eigenvalue weighted by Gasteiger charge is 2.09. The van der Waals surface area contributed by atoms with E-state index in [9.17, 15) is 4.79 Å². The average Bonchev–Trinajstić information content (AvgIpc) is 2.49. The van der Waals surface area contributed by atoms with Crippen LogP contribution in [0.5, 0.6) is 5.75 Å². The first-order chi connectivity index (χ1) is 10.1. The summed E-state index contributed by atoms with van der Waals surface area (Å²) in [5, 5.41) is 0. The third kappa shape index (κ3) is 6.12. The third-order valence-corrected chi connectivity index (χ3v) is 3.19. The van der Waals surface area contributed by atoms with Gasteiger partial charge in [-0.05, 0) is 32.0 Å². The van der Waals surface area contributed by atoms with Gasteiger partial charge in [0.05, 0.1) is 6.61 Å². The smallest absolute Gasteiger partial charge is 0.265 e. The first-order valence-corrected chi connectivity index (χ1v) is 7.05. The zero-order valence-electron chi connectivity index (χ0n) is 13.0. The van der Waals surface area contributed by atoms with Crippen LogP contribution in [0.4, 0.5) is 0 Å². The lowest BCUT2D eigenvalue weighted by molar-refractivity contribution is 0.0952. The first-order valence-electron chi connectivity index (χ1n) is 7.05. The van der Waals surface area contributed by atoms with Crippen LogP contribution in [-0.4, -0.2) is 50.3 Å². The van der Waals surface area contributed by atoms with Gasteiger partial charge in [-0.3, -0.25) is 15.1 Å². The van der Waals surface area contributed by atoms with E-state index in [1.165, 1.54) is 0 Å². The normalized spacial score (nSPS) is 11.0. The standard InChI is InChI=1S/C15H25N3O3/c1-12(2)18(7-9-20-3)8-10-21-14-6-4-5-13(11-14)15(19)17-16/h4-6,11-12H,7-10,16H2,1-3H3,(H,17,19). The van der Waals surface area contributed by atoms with Crippen LogP contribution >= 0.6 is 0 Å². The number of benzene rings is 1. The molecule has 3 N–H and O–H groups in total. The molecule has 6 heteroatoms. The molecule has 6 nitrogen and oxygen atoms in total. The van der Waals surface area contributed by atoms with Crippen LogP contribution in [0.25, 0.3) is 0 Å². The zero-order chi connectivity index (χ0) is 15.7. The summed E-state index contributed by atoms with van der Waals surface area (Å²) in [4.78, 5) is 13.7. The van der Waals surface area contributed by atoms with Crippen LogP contribution in [0.15, 0.2) is 24.3 Å². The predicted octanol–water partition coefficient (Wildman–Crippen LogP) is 1.03. The number of amides is 1. The Morgan fingerprint density at radius 1 is 1.33 bits per heavy atom. The van der Waals surface area contributed by atoms with Crippen LogP contribution < -0.4 is 16.0 Å². The summed E-state index contributed by atoms with van der Waals surface area (Å²) in [5.41, 5.74) is 2.59. The number of rotatable bonds is 9. The average molecular weight is 295 g/mol. The second-order valence-corrected chi connectivity index (χ2v) is 4.97. The van der Waals surface area contributed by atoms with Crippen molar-refractivity contribution in [2.24, 2.45) is 5.84 Å². The Labute approximate surface area is 126 Å². The highest BCUT2D eigenvalue weighted by atomic mass is 16.5. The summed E-state index contributed by atoms with van der Waals surface area (Å²) >= 11 is 0. The SMILES string of the molecule is COCCN(CCOc1cccc(C(=O)NN)c1)C(C)C. The van der Waals surface area contributed by atoms with Crippen molar-refractivity contribution in [3.63, 3.8) is 0 Å². The van der Waals surface area contributed by atoms with E-state index in [-0.39, 0.29) is 5.91 Å². The summed E-state index contributed by atoms with van der Waals surface area (Å²) in [6, 6.07) is 7.39. The molecule has 0 aliphatic rings. The van der Waals surface area contributed by atoms with E-state index in [1.807, 2.05) is 6.07 Å². The van der Waals surface area contributed by atoms with Gasteiger partial charge >= 0.3 is 0 Å². The van der Waals surface area contributed by atoms with Crippen LogP contribution in [0.2, 0.25) is 0 Å². The molecule has 0 radical (unpaired) electrons. The van der Waals surface area contributed by atoms with Gasteiger partial charge < -0.3 is 9.47 Å². The lowest BCUT2D eigenvalue weighted by Gasteiger charge is -2.25.